The molecule has 1 aromatic rings. The number of hydrogen-bond donors (Lipinski definition) is 0. The van der Waals surface area contributed by atoms with E-state index in [1.807, 2.05) is 29.2 Å². The fraction of sp³-hybridized carbons (Fsp3) is 0.364. The molecule has 0 atom stereocenters. The quantitative estimate of drug-likeness (QED) is 0.752. The van der Waals surface area contributed by atoms with Gasteiger partial charge in [-0.15, -0.1) is 0 Å². The van der Waals surface area contributed by atoms with Crippen LogP contribution in [0.4, 0.5) is 5.69 Å². The van der Waals surface area contributed by atoms with Gasteiger partial charge in [-0.25, -0.2) is 0 Å². The molecule has 0 unspecified atom stereocenters. The van der Waals surface area contributed by atoms with Gasteiger partial charge in [-0.2, -0.15) is 0 Å². The van der Waals surface area contributed by atoms with E-state index in [9.17, 15) is 4.79 Å². The van der Waals surface area contributed by atoms with Gasteiger partial charge in [-0.3, -0.25) is 4.79 Å². The molecule has 1 aromatic carbocycles. The lowest BCUT2D eigenvalue weighted by Gasteiger charge is -2.25. The van der Waals surface area contributed by atoms with E-state index in [-0.39, 0.29) is 0 Å². The zero-order valence-electron chi connectivity index (χ0n) is 7.61. The summed E-state index contributed by atoms with van der Waals surface area (Å²) in [5.41, 5.74) is 1.03. The number of rotatable bonds is 1. The van der Waals surface area contributed by atoms with Crippen LogP contribution < -0.4 is 4.90 Å². The van der Waals surface area contributed by atoms with Crippen LogP contribution >= 0.6 is 15.9 Å². The van der Waals surface area contributed by atoms with Crippen LogP contribution in [0.25, 0.3) is 0 Å². The van der Waals surface area contributed by atoms with E-state index >= 15 is 0 Å². The van der Waals surface area contributed by atoms with Crippen molar-refractivity contribution in [3.8, 4) is 0 Å². The SMILES string of the molecule is O=C1C2CC(C2)N1c1ccccc1Br. The Hall–Kier alpha value is -0.830. The largest absolute Gasteiger partial charge is 0.308 e. The Morgan fingerprint density at radius 1 is 1.29 bits per heavy atom. The van der Waals surface area contributed by atoms with Gasteiger partial charge in [-0.05, 0) is 40.9 Å². The van der Waals surface area contributed by atoms with Gasteiger partial charge < -0.3 is 4.90 Å². The highest BCUT2D eigenvalue weighted by atomic mass is 79.9. The minimum absolute atomic E-state index is 0.307. The first-order valence-corrected chi connectivity index (χ1v) is 5.64. The predicted octanol–water partition coefficient (Wildman–Crippen LogP) is 2.57. The summed E-state index contributed by atoms with van der Waals surface area (Å²) in [7, 11) is 0. The van der Waals surface area contributed by atoms with Crippen molar-refractivity contribution in [1.29, 1.82) is 0 Å². The second kappa shape index (κ2) is 2.83. The molecule has 3 heteroatoms. The molecule has 72 valence electrons. The molecule has 2 aliphatic heterocycles. The van der Waals surface area contributed by atoms with Gasteiger partial charge in [0.2, 0.25) is 5.91 Å². The molecule has 3 aliphatic rings. The van der Waals surface area contributed by atoms with Crippen molar-refractivity contribution in [1.82, 2.24) is 0 Å². The Bertz CT molecular complexity index is 398. The van der Waals surface area contributed by atoms with Gasteiger partial charge in [0.05, 0.1) is 5.69 Å². The number of anilines is 1. The summed E-state index contributed by atoms with van der Waals surface area (Å²) in [4.78, 5) is 13.8. The first-order valence-electron chi connectivity index (χ1n) is 4.85. The van der Waals surface area contributed by atoms with Crippen molar-refractivity contribution in [2.45, 2.75) is 18.9 Å². The molecule has 4 rings (SSSR count). The number of carbonyl (C=O) groups excluding carboxylic acids is 1. The Labute approximate surface area is 91.0 Å². The molecule has 14 heavy (non-hydrogen) atoms. The minimum atomic E-state index is 0.307. The molecule has 0 spiro atoms. The van der Waals surface area contributed by atoms with Crippen molar-refractivity contribution in [3.05, 3.63) is 28.7 Å². The molecule has 2 heterocycles. The van der Waals surface area contributed by atoms with Crippen LogP contribution in [-0.4, -0.2) is 11.9 Å². The molecule has 3 fully saturated rings. The van der Waals surface area contributed by atoms with Gasteiger partial charge in [0, 0.05) is 16.4 Å². The number of nitrogens with zero attached hydrogens (tertiary/aromatic N) is 1. The van der Waals surface area contributed by atoms with E-state index in [1.165, 1.54) is 0 Å². The Balaban J connectivity index is 2.04. The maximum absolute atomic E-state index is 11.8. The van der Waals surface area contributed by atoms with Crippen LogP contribution in [0.15, 0.2) is 28.7 Å². The van der Waals surface area contributed by atoms with E-state index in [0.717, 1.165) is 23.0 Å². The van der Waals surface area contributed by atoms with Gasteiger partial charge in [0.1, 0.15) is 0 Å². The first kappa shape index (κ1) is 8.48. The highest BCUT2D eigenvalue weighted by Crippen LogP contribution is 2.45. The van der Waals surface area contributed by atoms with Crippen LogP contribution in [0.3, 0.4) is 0 Å². The molecular formula is C11H10BrNO. The topological polar surface area (TPSA) is 20.3 Å². The monoisotopic (exact) mass is 251 g/mol. The average molecular weight is 252 g/mol. The van der Waals surface area contributed by atoms with Crippen molar-refractivity contribution in [3.63, 3.8) is 0 Å². The number of fused-ring (bicyclic) bond motifs is 1. The number of hydrogen-bond acceptors (Lipinski definition) is 1. The first-order chi connectivity index (χ1) is 6.77. The lowest BCUT2D eigenvalue weighted by atomic mass is 9.86. The number of amides is 1. The molecule has 2 saturated heterocycles. The van der Waals surface area contributed by atoms with E-state index in [0.29, 0.717) is 17.9 Å². The fourth-order valence-electron chi connectivity index (χ4n) is 2.34. The summed E-state index contributed by atoms with van der Waals surface area (Å²) < 4.78 is 1.01. The third-order valence-corrected chi connectivity index (χ3v) is 3.85. The third kappa shape index (κ3) is 0.989. The van der Waals surface area contributed by atoms with E-state index in [4.69, 9.17) is 0 Å². The summed E-state index contributed by atoms with van der Waals surface area (Å²) in [6.07, 6.45) is 2.11. The normalized spacial score (nSPS) is 29.2. The molecule has 2 nitrogen and oxygen atoms in total. The van der Waals surface area contributed by atoms with Gasteiger partial charge in [0.15, 0.2) is 0 Å². The maximum atomic E-state index is 11.8. The smallest absolute Gasteiger partial charge is 0.230 e. The number of carbonyl (C=O) groups is 1. The van der Waals surface area contributed by atoms with Crippen molar-refractivity contribution >= 4 is 27.5 Å². The molecule has 0 aromatic heterocycles. The molecule has 0 N–H and O–H groups in total. The van der Waals surface area contributed by atoms with E-state index < -0.39 is 0 Å². The van der Waals surface area contributed by atoms with Crippen molar-refractivity contribution in [2.75, 3.05) is 4.90 Å². The third-order valence-electron chi connectivity index (χ3n) is 3.18. The zero-order chi connectivity index (χ0) is 9.71. The number of para-hydroxylation sites is 1. The molecule has 0 radical (unpaired) electrons. The maximum Gasteiger partial charge on any atom is 0.230 e. The number of halogens is 1. The van der Waals surface area contributed by atoms with Crippen LogP contribution in [0.5, 0.6) is 0 Å². The van der Waals surface area contributed by atoms with Crippen LogP contribution in [-0.2, 0) is 4.79 Å². The summed E-state index contributed by atoms with van der Waals surface area (Å²) in [6.45, 7) is 0. The Morgan fingerprint density at radius 2 is 2.00 bits per heavy atom. The zero-order valence-corrected chi connectivity index (χ0v) is 9.20. The van der Waals surface area contributed by atoms with Crippen molar-refractivity contribution in [2.24, 2.45) is 5.92 Å². The highest BCUT2D eigenvalue weighted by molar-refractivity contribution is 9.10. The molecular weight excluding hydrogens is 242 g/mol. The highest BCUT2D eigenvalue weighted by Gasteiger charge is 2.50. The summed E-state index contributed by atoms with van der Waals surface area (Å²) in [6, 6.07) is 8.40. The standard InChI is InChI=1S/C11H10BrNO/c12-9-3-1-2-4-10(9)13-8-5-7(6-8)11(13)14/h1-4,7-8H,5-6H2. The summed E-state index contributed by atoms with van der Waals surface area (Å²) >= 11 is 3.49. The lowest BCUT2D eigenvalue weighted by molar-refractivity contribution is -0.119. The molecule has 1 amide bonds. The van der Waals surface area contributed by atoms with Gasteiger partial charge >= 0.3 is 0 Å². The van der Waals surface area contributed by atoms with E-state index in [2.05, 4.69) is 15.9 Å². The Kier molecular flexibility index (Phi) is 1.71. The molecule has 1 saturated carbocycles. The summed E-state index contributed by atoms with van der Waals surface area (Å²) in [5, 5.41) is 0. The fourth-order valence-corrected chi connectivity index (χ4v) is 2.82. The predicted molar refractivity (Wildman–Crippen MR) is 58.1 cm³/mol. The Morgan fingerprint density at radius 3 is 2.57 bits per heavy atom. The number of benzene rings is 1. The second-order valence-corrected chi connectivity index (χ2v) is 4.84. The minimum Gasteiger partial charge on any atom is -0.308 e. The van der Waals surface area contributed by atoms with Gasteiger partial charge in [0.25, 0.3) is 0 Å². The van der Waals surface area contributed by atoms with Crippen molar-refractivity contribution < 1.29 is 4.79 Å². The van der Waals surface area contributed by atoms with Gasteiger partial charge in [-0.1, -0.05) is 12.1 Å². The summed E-state index contributed by atoms with van der Waals surface area (Å²) in [5.74, 6) is 0.619. The lowest BCUT2D eigenvalue weighted by Crippen LogP contribution is -2.29. The van der Waals surface area contributed by atoms with Crippen LogP contribution in [0, 0.1) is 5.92 Å². The average Bonchev–Trinajstić information content (AvgIpc) is 2.56. The molecule has 1 aliphatic carbocycles. The second-order valence-electron chi connectivity index (χ2n) is 3.98. The van der Waals surface area contributed by atoms with E-state index in [1.54, 1.807) is 0 Å². The van der Waals surface area contributed by atoms with Crippen LogP contribution in [0.2, 0.25) is 0 Å². The van der Waals surface area contributed by atoms with Crippen LogP contribution in [0.1, 0.15) is 12.8 Å². The molecule has 2 bridgehead atoms.